The lowest BCUT2D eigenvalue weighted by Gasteiger charge is -2.43. The van der Waals surface area contributed by atoms with Crippen LogP contribution in [0.5, 0.6) is 0 Å². The molecule has 7 nitrogen and oxygen atoms in total. The fourth-order valence-corrected chi connectivity index (χ4v) is 5.24. The molecule has 38 heavy (non-hydrogen) atoms. The number of aromatic amines is 1. The molecule has 7 heteroatoms. The van der Waals surface area contributed by atoms with Crippen LogP contribution in [0.1, 0.15) is 58.4 Å². The fraction of sp³-hybridized carbons (Fsp3) is 0.419. The molecule has 3 N–H and O–H groups in total. The van der Waals surface area contributed by atoms with Crippen molar-refractivity contribution in [3.05, 3.63) is 76.6 Å². The monoisotopic (exact) mass is 515 g/mol. The smallest absolute Gasteiger partial charge is 0.408 e. The molecule has 1 aliphatic carbocycles. The summed E-state index contributed by atoms with van der Waals surface area (Å²) in [4.78, 5) is 28.9. The molecule has 3 aromatic rings. The quantitative estimate of drug-likeness (QED) is 0.363. The molecule has 2 aromatic carbocycles. The van der Waals surface area contributed by atoms with Gasteiger partial charge in [0.05, 0.1) is 11.2 Å². The van der Waals surface area contributed by atoms with Crippen LogP contribution in [0.25, 0.3) is 22.4 Å². The van der Waals surface area contributed by atoms with E-state index in [0.29, 0.717) is 18.9 Å². The number of hydrogen-bond acceptors (Lipinski definition) is 5. The second-order valence-corrected chi connectivity index (χ2v) is 11.3. The summed E-state index contributed by atoms with van der Waals surface area (Å²) in [5.41, 5.74) is 4.17. The van der Waals surface area contributed by atoms with Gasteiger partial charge < -0.3 is 25.1 Å². The van der Waals surface area contributed by atoms with E-state index in [-0.39, 0.29) is 11.6 Å². The van der Waals surface area contributed by atoms with E-state index in [9.17, 15) is 9.59 Å². The van der Waals surface area contributed by atoms with Crippen LogP contribution in [0, 0.1) is 0 Å². The van der Waals surface area contributed by atoms with Crippen molar-refractivity contribution in [1.82, 2.24) is 10.3 Å². The van der Waals surface area contributed by atoms with Crippen molar-refractivity contribution >= 4 is 11.8 Å². The normalized spacial score (nSPS) is 17.3. The van der Waals surface area contributed by atoms with Crippen LogP contribution in [0.3, 0.4) is 0 Å². The van der Waals surface area contributed by atoms with Crippen LogP contribution >= 0.6 is 0 Å². The Kier molecular flexibility index (Phi) is 7.30. The number of pyridine rings is 1. The van der Waals surface area contributed by atoms with Gasteiger partial charge in [-0.3, -0.25) is 4.79 Å². The van der Waals surface area contributed by atoms with Gasteiger partial charge in [0.1, 0.15) is 11.3 Å². The summed E-state index contributed by atoms with van der Waals surface area (Å²) in [6.45, 7) is 7.00. The van der Waals surface area contributed by atoms with Gasteiger partial charge in [0.15, 0.2) is 0 Å². The predicted octanol–water partition coefficient (Wildman–Crippen LogP) is 6.20. The summed E-state index contributed by atoms with van der Waals surface area (Å²) in [5, 5.41) is 6.56. The number of benzene rings is 2. The van der Waals surface area contributed by atoms with E-state index >= 15 is 0 Å². The molecular weight excluding hydrogens is 478 g/mol. The number of ether oxygens (including phenoxy) is 2. The van der Waals surface area contributed by atoms with Gasteiger partial charge in [0.2, 0.25) is 0 Å². The zero-order chi connectivity index (χ0) is 26.8. The Balaban J connectivity index is 1.46. The maximum absolute atomic E-state index is 13.2. The molecule has 0 bridgehead atoms. The standard InChI is InChI=1S/C31H37N3O4/c1-30(2,3)38-29(36)34-31(16-7-17-31)23-12-10-22(11-13-23)27-25(21-8-5-4-6-9-21)20-26(28(35)33-27)32-24-14-18-37-19-15-24/h4-6,8-13,20,24,32H,7,14-19H2,1-3H3,(H,33,35)(H,34,36). The van der Waals surface area contributed by atoms with Gasteiger partial charge >= 0.3 is 6.09 Å². The highest BCUT2D eigenvalue weighted by Crippen LogP contribution is 2.42. The van der Waals surface area contributed by atoms with Crippen molar-refractivity contribution in [3.63, 3.8) is 0 Å². The van der Waals surface area contributed by atoms with Gasteiger partial charge in [-0.15, -0.1) is 0 Å². The van der Waals surface area contributed by atoms with Gasteiger partial charge in [-0.2, -0.15) is 0 Å². The Morgan fingerprint density at radius 1 is 1.00 bits per heavy atom. The number of nitrogens with one attached hydrogen (secondary N) is 3. The molecule has 1 saturated carbocycles. The third-order valence-electron chi connectivity index (χ3n) is 7.38. The molecule has 0 unspecified atom stereocenters. The van der Waals surface area contributed by atoms with Crippen LogP contribution in [-0.2, 0) is 15.0 Å². The number of carbonyl (C=O) groups excluding carboxylic acids is 1. The van der Waals surface area contributed by atoms with E-state index in [1.165, 1.54) is 0 Å². The summed E-state index contributed by atoms with van der Waals surface area (Å²) in [6.07, 6.45) is 4.13. The number of amides is 1. The highest BCUT2D eigenvalue weighted by molar-refractivity contribution is 5.83. The molecule has 2 heterocycles. The zero-order valence-electron chi connectivity index (χ0n) is 22.4. The lowest BCUT2D eigenvalue weighted by Crippen LogP contribution is -2.52. The molecule has 1 saturated heterocycles. The maximum Gasteiger partial charge on any atom is 0.408 e. The van der Waals surface area contributed by atoms with Gasteiger partial charge in [0.25, 0.3) is 5.56 Å². The van der Waals surface area contributed by atoms with E-state index in [1.807, 2.05) is 69.3 Å². The zero-order valence-corrected chi connectivity index (χ0v) is 22.4. The summed E-state index contributed by atoms with van der Waals surface area (Å²) >= 11 is 0. The first-order valence-corrected chi connectivity index (χ1v) is 13.5. The first-order chi connectivity index (χ1) is 18.2. The number of alkyl carbamates (subject to hydrolysis) is 1. The van der Waals surface area contributed by atoms with Crippen molar-refractivity contribution in [3.8, 4) is 22.4 Å². The van der Waals surface area contributed by atoms with E-state index in [2.05, 4.69) is 27.8 Å². The number of aromatic nitrogens is 1. The van der Waals surface area contributed by atoms with E-state index in [0.717, 1.165) is 60.1 Å². The van der Waals surface area contributed by atoms with Crippen LogP contribution < -0.4 is 16.2 Å². The van der Waals surface area contributed by atoms with Crippen LogP contribution in [0.2, 0.25) is 0 Å². The lowest BCUT2D eigenvalue weighted by molar-refractivity contribution is 0.0377. The lowest BCUT2D eigenvalue weighted by atomic mass is 9.71. The number of H-pyrrole nitrogens is 1. The van der Waals surface area contributed by atoms with Gasteiger partial charge in [-0.1, -0.05) is 54.6 Å². The minimum atomic E-state index is -0.551. The minimum Gasteiger partial charge on any atom is -0.444 e. The molecule has 0 atom stereocenters. The molecule has 2 fully saturated rings. The largest absolute Gasteiger partial charge is 0.444 e. The Labute approximate surface area is 224 Å². The average molecular weight is 516 g/mol. The van der Waals surface area contributed by atoms with Gasteiger partial charge in [0, 0.05) is 24.8 Å². The van der Waals surface area contributed by atoms with Gasteiger partial charge in [-0.25, -0.2) is 4.79 Å². The first-order valence-electron chi connectivity index (χ1n) is 13.5. The first kappa shape index (κ1) is 26.0. The summed E-state index contributed by atoms with van der Waals surface area (Å²) in [5.74, 6) is 0. The number of carbonyl (C=O) groups is 1. The summed E-state index contributed by atoms with van der Waals surface area (Å²) in [6, 6.07) is 20.4. The average Bonchev–Trinajstić information content (AvgIpc) is 2.87. The van der Waals surface area contributed by atoms with Crippen LogP contribution in [-0.4, -0.2) is 35.9 Å². The van der Waals surface area contributed by atoms with Crippen LogP contribution in [0.15, 0.2) is 65.5 Å². The Hall–Kier alpha value is -3.58. The Morgan fingerprint density at radius 3 is 2.29 bits per heavy atom. The maximum atomic E-state index is 13.2. The molecule has 1 amide bonds. The molecule has 0 spiro atoms. The van der Waals surface area contributed by atoms with E-state index < -0.39 is 17.2 Å². The molecule has 1 aliphatic heterocycles. The van der Waals surface area contributed by atoms with Crippen LogP contribution in [0.4, 0.5) is 10.5 Å². The minimum absolute atomic E-state index is 0.141. The number of anilines is 1. The van der Waals surface area contributed by atoms with Crippen molar-refractivity contribution in [2.75, 3.05) is 18.5 Å². The van der Waals surface area contributed by atoms with Crippen molar-refractivity contribution in [2.45, 2.75) is 70.1 Å². The van der Waals surface area contributed by atoms with Gasteiger partial charge in [-0.05, 0) is 75.6 Å². The third-order valence-corrected chi connectivity index (χ3v) is 7.38. The topological polar surface area (TPSA) is 92.5 Å². The molecule has 0 radical (unpaired) electrons. The molecule has 200 valence electrons. The molecular formula is C31H37N3O4. The second-order valence-electron chi connectivity index (χ2n) is 11.3. The van der Waals surface area contributed by atoms with E-state index in [1.54, 1.807) is 0 Å². The molecule has 1 aromatic heterocycles. The second kappa shape index (κ2) is 10.7. The fourth-order valence-electron chi connectivity index (χ4n) is 5.24. The SMILES string of the molecule is CC(C)(C)OC(=O)NC1(c2ccc(-c3[nH]c(=O)c(NC4CCOCC4)cc3-c3ccccc3)cc2)CCC1. The summed E-state index contributed by atoms with van der Waals surface area (Å²) in [7, 11) is 0. The van der Waals surface area contributed by atoms with Crippen molar-refractivity contribution in [2.24, 2.45) is 0 Å². The molecule has 2 aliphatic rings. The number of rotatable bonds is 6. The highest BCUT2D eigenvalue weighted by Gasteiger charge is 2.41. The molecule has 5 rings (SSSR count). The van der Waals surface area contributed by atoms with Crippen molar-refractivity contribution in [1.29, 1.82) is 0 Å². The Bertz CT molecular complexity index is 1320. The highest BCUT2D eigenvalue weighted by atomic mass is 16.6. The third kappa shape index (κ3) is 5.78. The predicted molar refractivity (Wildman–Crippen MR) is 150 cm³/mol. The van der Waals surface area contributed by atoms with Crippen molar-refractivity contribution < 1.29 is 14.3 Å². The summed E-state index contributed by atoms with van der Waals surface area (Å²) < 4.78 is 11.0. The van der Waals surface area contributed by atoms with E-state index in [4.69, 9.17) is 9.47 Å². The number of hydrogen-bond donors (Lipinski definition) is 3. The Morgan fingerprint density at radius 2 is 1.68 bits per heavy atom.